The number of benzene rings is 1. The highest BCUT2D eigenvalue weighted by Gasteiger charge is 2.30. The number of sulfone groups is 1. The van der Waals surface area contributed by atoms with Gasteiger partial charge < -0.3 is 0 Å². The fraction of sp³-hybridized carbons (Fsp3) is 0.214. The zero-order chi connectivity index (χ0) is 17.1. The predicted octanol–water partition coefficient (Wildman–Crippen LogP) is 1.80. The summed E-state index contributed by atoms with van der Waals surface area (Å²) in [5.41, 5.74) is 0.401. The van der Waals surface area contributed by atoms with Crippen LogP contribution in [0.3, 0.4) is 0 Å². The summed E-state index contributed by atoms with van der Waals surface area (Å²) in [6.45, 7) is -0.282. The van der Waals surface area contributed by atoms with Crippen molar-refractivity contribution in [3.8, 4) is 0 Å². The van der Waals surface area contributed by atoms with E-state index in [1.807, 2.05) is 0 Å². The van der Waals surface area contributed by atoms with Crippen LogP contribution in [-0.4, -0.2) is 34.6 Å². The number of pyridine rings is 1. The Kier molecular flexibility index (Phi) is 5.41. The maximum atomic E-state index is 12.9. The summed E-state index contributed by atoms with van der Waals surface area (Å²) in [6.07, 6.45) is 3.89. The first kappa shape index (κ1) is 17.9. The molecule has 1 N–H and O–H groups in total. The highest BCUT2D eigenvalue weighted by Crippen LogP contribution is 2.29. The minimum Gasteiger partial charge on any atom is -0.264 e. The lowest BCUT2D eigenvalue weighted by atomic mass is 10.2. The van der Waals surface area contributed by atoms with Gasteiger partial charge in [-0.05, 0) is 35.9 Å². The molecule has 0 fully saturated rings. The van der Waals surface area contributed by atoms with Crippen molar-refractivity contribution in [2.75, 3.05) is 12.8 Å². The van der Waals surface area contributed by atoms with Crippen molar-refractivity contribution in [2.45, 2.75) is 10.1 Å². The third-order valence-corrected chi connectivity index (χ3v) is 6.16. The van der Waals surface area contributed by atoms with Gasteiger partial charge in [0, 0.05) is 24.0 Å². The van der Waals surface area contributed by atoms with Crippen LogP contribution in [0.4, 0.5) is 0 Å². The van der Waals surface area contributed by atoms with Crippen molar-refractivity contribution in [3.63, 3.8) is 0 Å². The third kappa shape index (κ3) is 4.74. The van der Waals surface area contributed by atoms with Crippen LogP contribution in [0.5, 0.6) is 0 Å². The molecule has 2 rings (SSSR count). The van der Waals surface area contributed by atoms with Crippen molar-refractivity contribution in [2.24, 2.45) is 0 Å². The molecule has 124 valence electrons. The van der Waals surface area contributed by atoms with Crippen LogP contribution in [0.15, 0.2) is 53.7 Å². The average molecular weight is 375 g/mol. The van der Waals surface area contributed by atoms with Gasteiger partial charge in [-0.1, -0.05) is 17.7 Å². The minimum absolute atomic E-state index is 0.0612. The molecule has 9 heteroatoms. The second kappa shape index (κ2) is 6.96. The predicted molar refractivity (Wildman–Crippen MR) is 88.5 cm³/mol. The molecule has 23 heavy (non-hydrogen) atoms. The molecule has 6 nitrogen and oxygen atoms in total. The number of hydrogen-bond acceptors (Lipinski definition) is 5. The normalized spacial score (nSPS) is 13.7. The minimum atomic E-state index is -3.82. The van der Waals surface area contributed by atoms with Gasteiger partial charge in [-0.25, -0.2) is 21.6 Å². The van der Waals surface area contributed by atoms with Gasteiger partial charge >= 0.3 is 0 Å². The van der Waals surface area contributed by atoms with Crippen molar-refractivity contribution >= 4 is 31.5 Å². The van der Waals surface area contributed by atoms with Gasteiger partial charge in [0.2, 0.25) is 10.0 Å². The molecular formula is C14H15ClN2O4S2. The summed E-state index contributed by atoms with van der Waals surface area (Å²) in [7, 11) is -7.35. The average Bonchev–Trinajstić information content (AvgIpc) is 2.47. The summed E-state index contributed by atoms with van der Waals surface area (Å²) in [5, 5.41) is -0.678. The Morgan fingerprint density at radius 1 is 1.13 bits per heavy atom. The second-order valence-corrected chi connectivity index (χ2v) is 9.29. The lowest BCUT2D eigenvalue weighted by Crippen LogP contribution is -2.31. The van der Waals surface area contributed by atoms with Crippen LogP contribution in [0.25, 0.3) is 0 Å². The first-order valence-corrected chi connectivity index (χ1v) is 10.4. The number of rotatable bonds is 6. The molecule has 1 aromatic heterocycles. The van der Waals surface area contributed by atoms with Crippen LogP contribution in [0.1, 0.15) is 10.8 Å². The molecule has 1 atom stereocenters. The molecule has 0 amide bonds. The molecule has 0 radical (unpaired) electrons. The zero-order valence-corrected chi connectivity index (χ0v) is 14.6. The zero-order valence-electron chi connectivity index (χ0n) is 12.2. The van der Waals surface area contributed by atoms with Crippen LogP contribution < -0.4 is 4.72 Å². The molecule has 1 aromatic carbocycles. The van der Waals surface area contributed by atoms with Gasteiger partial charge in [-0.3, -0.25) is 4.98 Å². The molecule has 0 aliphatic carbocycles. The lowest BCUT2D eigenvalue weighted by Gasteiger charge is -2.18. The SMILES string of the molecule is CS(=O)(=O)NC[C@H](c1cccnc1)S(=O)(=O)c1ccc(Cl)cc1. The quantitative estimate of drug-likeness (QED) is 0.832. The van der Waals surface area contributed by atoms with Gasteiger partial charge in [-0.15, -0.1) is 0 Å². The Morgan fingerprint density at radius 2 is 1.78 bits per heavy atom. The highest BCUT2D eigenvalue weighted by atomic mass is 35.5. The van der Waals surface area contributed by atoms with E-state index in [1.54, 1.807) is 12.1 Å². The lowest BCUT2D eigenvalue weighted by molar-refractivity contribution is 0.571. The van der Waals surface area contributed by atoms with E-state index in [2.05, 4.69) is 9.71 Å². The monoisotopic (exact) mass is 374 g/mol. The number of sulfonamides is 1. The first-order valence-electron chi connectivity index (χ1n) is 6.54. The molecule has 0 bridgehead atoms. The van der Waals surface area contributed by atoms with Crippen molar-refractivity contribution in [3.05, 3.63) is 59.4 Å². The Morgan fingerprint density at radius 3 is 2.30 bits per heavy atom. The molecule has 0 aliphatic rings. The van der Waals surface area contributed by atoms with Gasteiger partial charge in [-0.2, -0.15) is 0 Å². The van der Waals surface area contributed by atoms with E-state index >= 15 is 0 Å². The summed E-state index contributed by atoms with van der Waals surface area (Å²) in [5.74, 6) is 0. The Hall–Kier alpha value is -1.48. The number of nitrogens with one attached hydrogen (secondary N) is 1. The molecule has 0 aliphatic heterocycles. The molecule has 0 unspecified atom stereocenters. The number of nitrogens with zero attached hydrogens (tertiary/aromatic N) is 1. The standard InChI is InChI=1S/C14H15ClN2O4S2/c1-22(18,19)17-10-14(11-3-2-8-16-9-11)23(20,21)13-6-4-12(15)5-7-13/h2-9,14,17H,10H2,1H3/t14-/m1/s1. The third-order valence-electron chi connectivity index (χ3n) is 3.10. The molecule has 0 saturated carbocycles. The van der Waals surface area contributed by atoms with E-state index in [-0.39, 0.29) is 11.4 Å². The van der Waals surface area contributed by atoms with Gasteiger partial charge in [0.25, 0.3) is 0 Å². The second-order valence-electron chi connectivity index (χ2n) is 4.89. The Labute approximate surface area is 140 Å². The topological polar surface area (TPSA) is 93.2 Å². The van der Waals surface area contributed by atoms with Gasteiger partial charge in [0.1, 0.15) is 5.25 Å². The van der Waals surface area contributed by atoms with E-state index in [0.29, 0.717) is 10.6 Å². The number of hydrogen-bond donors (Lipinski definition) is 1. The molecule has 2 aromatic rings. The van der Waals surface area contributed by atoms with Crippen LogP contribution in [0.2, 0.25) is 5.02 Å². The van der Waals surface area contributed by atoms with Crippen molar-refractivity contribution in [1.29, 1.82) is 0 Å². The van der Waals surface area contributed by atoms with Crippen molar-refractivity contribution < 1.29 is 16.8 Å². The van der Waals surface area contributed by atoms with E-state index < -0.39 is 25.1 Å². The van der Waals surface area contributed by atoms with E-state index in [1.165, 1.54) is 36.7 Å². The number of aromatic nitrogens is 1. The van der Waals surface area contributed by atoms with Crippen LogP contribution in [-0.2, 0) is 19.9 Å². The smallest absolute Gasteiger partial charge is 0.208 e. The van der Waals surface area contributed by atoms with Crippen molar-refractivity contribution in [1.82, 2.24) is 9.71 Å². The maximum absolute atomic E-state index is 12.9. The van der Waals surface area contributed by atoms with E-state index in [4.69, 9.17) is 11.6 Å². The Balaban J connectivity index is 2.45. The fourth-order valence-electron chi connectivity index (χ4n) is 1.99. The molecule has 0 spiro atoms. The highest BCUT2D eigenvalue weighted by molar-refractivity contribution is 7.92. The largest absolute Gasteiger partial charge is 0.264 e. The van der Waals surface area contributed by atoms with E-state index in [9.17, 15) is 16.8 Å². The van der Waals surface area contributed by atoms with Gasteiger partial charge in [0.05, 0.1) is 11.2 Å². The maximum Gasteiger partial charge on any atom is 0.208 e. The van der Waals surface area contributed by atoms with Gasteiger partial charge in [0.15, 0.2) is 9.84 Å². The van der Waals surface area contributed by atoms with Crippen LogP contribution in [0, 0.1) is 0 Å². The van der Waals surface area contributed by atoms with E-state index in [0.717, 1.165) is 6.26 Å². The summed E-state index contributed by atoms with van der Waals surface area (Å²) >= 11 is 5.78. The number of halogens is 1. The summed E-state index contributed by atoms with van der Waals surface area (Å²) in [6, 6.07) is 8.91. The first-order chi connectivity index (χ1) is 10.7. The van der Waals surface area contributed by atoms with Crippen LogP contribution >= 0.6 is 11.6 Å². The fourth-order valence-corrected chi connectivity index (χ4v) is 4.33. The Bertz CT molecular complexity index is 867. The molecule has 1 heterocycles. The summed E-state index contributed by atoms with van der Waals surface area (Å²) < 4.78 is 50.6. The molecule has 0 saturated heterocycles. The molecular weight excluding hydrogens is 360 g/mol. The summed E-state index contributed by atoms with van der Waals surface area (Å²) in [4.78, 5) is 3.97.